The third-order valence-electron chi connectivity index (χ3n) is 15.9. The van der Waals surface area contributed by atoms with Crippen LogP contribution in [0.2, 0.25) is 0 Å². The van der Waals surface area contributed by atoms with E-state index in [-0.39, 0.29) is 50.1 Å². The number of fused-ring (bicyclic) bond motifs is 1. The predicted molar refractivity (Wildman–Crippen MR) is 374 cm³/mol. The number of nitrogens with one attached hydrogen (secondary N) is 14. The molecule has 0 aliphatic heterocycles. The number of aromatic nitrogens is 3. The Balaban J connectivity index is 1.23. The predicted octanol–water partition coefficient (Wildman–Crippen LogP) is -0.553. The highest BCUT2D eigenvalue weighted by Crippen LogP contribution is 2.20. The SMILES string of the molecule is CC(C)CC(CC(C)C)NC(=O)C(Cc1cnc[nH]1)NC(=O)CNC(=O)[C@@H](NC(=O)[C@H](C)NC(=O)[C@H](Cc1c[nH]c2ccccc12)NC(=O)[C@H](CCC(N)=O)NC(=O)[C@@H](Cc1ccccc1)NC(=O)COCC(=O)Nc1ccc(CNC(=O)C(CNCCN)CNCCN)cc1)C(C)C. The Morgan fingerprint density at radius 2 is 1.13 bits per heavy atom. The highest BCUT2D eigenvalue weighted by Gasteiger charge is 2.34. The molecular weight excluding hydrogens is 1270 g/mol. The normalized spacial score (nSPS) is 13.2. The number of primary amides is 1. The van der Waals surface area contributed by atoms with E-state index in [9.17, 15) is 52.7 Å². The minimum atomic E-state index is -1.54. The van der Waals surface area contributed by atoms with Crippen LogP contribution >= 0.6 is 0 Å². The zero-order valence-corrected chi connectivity index (χ0v) is 57.7. The Labute approximate surface area is 577 Å². The van der Waals surface area contributed by atoms with Crippen molar-refractivity contribution in [3.05, 3.63) is 120 Å². The van der Waals surface area contributed by atoms with Crippen LogP contribution < -0.4 is 81.0 Å². The number of H-pyrrole nitrogens is 2. The molecular formula is C69H102N18O12. The maximum Gasteiger partial charge on any atom is 0.250 e. The van der Waals surface area contributed by atoms with Crippen LogP contribution in [0.5, 0.6) is 0 Å². The van der Waals surface area contributed by atoms with Crippen LogP contribution in [0.4, 0.5) is 5.69 Å². The number of carbonyl (C=O) groups excluding carboxylic acids is 11. The maximum absolute atomic E-state index is 14.6. The Hall–Kier alpha value is -9.62. The molecule has 540 valence electrons. The van der Waals surface area contributed by atoms with E-state index >= 15 is 0 Å². The van der Waals surface area contributed by atoms with Gasteiger partial charge in [0, 0.05) is 112 Å². The number of para-hydroxylation sites is 1. The van der Waals surface area contributed by atoms with E-state index in [1.165, 1.54) is 13.3 Å². The monoisotopic (exact) mass is 1370 g/mol. The fraction of sp³-hybridized carbons (Fsp3) is 0.507. The molecule has 3 aromatic carbocycles. The average molecular weight is 1380 g/mol. The summed E-state index contributed by atoms with van der Waals surface area (Å²) < 4.78 is 5.46. The van der Waals surface area contributed by atoms with Gasteiger partial charge in [-0.25, -0.2) is 4.98 Å². The van der Waals surface area contributed by atoms with Gasteiger partial charge in [-0.05, 0) is 78.8 Å². The number of nitrogens with zero attached hydrogens (tertiary/aromatic N) is 1. The third kappa shape index (κ3) is 29.2. The van der Waals surface area contributed by atoms with E-state index in [1.54, 1.807) is 99.0 Å². The van der Waals surface area contributed by atoms with Crippen molar-refractivity contribution >= 4 is 81.6 Å². The summed E-state index contributed by atoms with van der Waals surface area (Å²) >= 11 is 0. The molecule has 30 heteroatoms. The lowest BCUT2D eigenvalue weighted by Crippen LogP contribution is -2.60. The summed E-state index contributed by atoms with van der Waals surface area (Å²) in [7, 11) is 0. The Morgan fingerprint density at radius 3 is 1.76 bits per heavy atom. The van der Waals surface area contributed by atoms with Gasteiger partial charge in [0.05, 0.1) is 18.8 Å². The molecule has 6 atom stereocenters. The quantitative estimate of drug-likeness (QED) is 0.0217. The molecule has 0 aliphatic carbocycles. The summed E-state index contributed by atoms with van der Waals surface area (Å²) in [4.78, 5) is 160. The third-order valence-corrected chi connectivity index (χ3v) is 15.9. The first kappa shape index (κ1) is 80.1. The van der Waals surface area contributed by atoms with Crippen molar-refractivity contribution in [2.24, 2.45) is 40.9 Å². The number of hydrogen-bond acceptors (Lipinski definition) is 17. The molecule has 2 aromatic heterocycles. The van der Waals surface area contributed by atoms with E-state index in [2.05, 4.69) is 106 Å². The number of aromatic amines is 2. The minimum absolute atomic E-state index is 0.0901. The summed E-state index contributed by atoms with van der Waals surface area (Å²) in [6.07, 6.45) is 5.21. The fourth-order valence-electron chi connectivity index (χ4n) is 10.8. The van der Waals surface area contributed by atoms with Gasteiger partial charge in [0.25, 0.3) is 0 Å². The number of rotatable bonds is 45. The zero-order valence-electron chi connectivity index (χ0n) is 57.7. The van der Waals surface area contributed by atoms with E-state index in [4.69, 9.17) is 21.9 Å². The van der Waals surface area contributed by atoms with Crippen LogP contribution in [0.25, 0.3) is 10.9 Å². The van der Waals surface area contributed by atoms with Gasteiger partial charge in [-0.2, -0.15) is 0 Å². The topological polar surface area (TPSA) is 464 Å². The van der Waals surface area contributed by atoms with E-state index in [0.717, 1.165) is 18.4 Å². The number of ether oxygens (including phenoxy) is 1. The van der Waals surface area contributed by atoms with Crippen molar-refractivity contribution in [3.8, 4) is 0 Å². The van der Waals surface area contributed by atoms with Gasteiger partial charge in [-0.15, -0.1) is 0 Å². The molecule has 2 heterocycles. The van der Waals surface area contributed by atoms with E-state index < -0.39 is 127 Å². The Morgan fingerprint density at radius 1 is 0.545 bits per heavy atom. The van der Waals surface area contributed by atoms with Crippen LogP contribution in [0, 0.1) is 23.7 Å². The van der Waals surface area contributed by atoms with Crippen LogP contribution in [0.1, 0.15) is 96.5 Å². The second-order valence-corrected chi connectivity index (χ2v) is 25.7. The fourth-order valence-corrected chi connectivity index (χ4v) is 10.8. The minimum Gasteiger partial charge on any atom is -0.370 e. The van der Waals surface area contributed by atoms with Gasteiger partial charge in [0.1, 0.15) is 49.5 Å². The zero-order chi connectivity index (χ0) is 72.4. The lowest BCUT2D eigenvalue weighted by atomic mass is 9.95. The maximum atomic E-state index is 14.6. The molecule has 1 unspecified atom stereocenters. The van der Waals surface area contributed by atoms with Crippen molar-refractivity contribution in [1.29, 1.82) is 0 Å². The van der Waals surface area contributed by atoms with Gasteiger partial charge < -0.3 is 95.7 Å². The molecule has 0 saturated heterocycles. The Bertz CT molecular complexity index is 3380. The van der Waals surface area contributed by atoms with Gasteiger partial charge in [-0.3, -0.25) is 52.7 Å². The number of carbonyl (C=O) groups is 11. The van der Waals surface area contributed by atoms with Crippen LogP contribution in [-0.2, 0) is 83.3 Å². The summed E-state index contributed by atoms with van der Waals surface area (Å²) in [5.74, 6) is -7.93. The van der Waals surface area contributed by atoms with E-state index in [0.29, 0.717) is 84.5 Å². The molecule has 0 bridgehead atoms. The molecule has 5 rings (SSSR count). The first-order chi connectivity index (χ1) is 47.3. The molecule has 11 amide bonds. The number of hydrogen-bond donors (Lipinski definition) is 17. The van der Waals surface area contributed by atoms with Crippen molar-refractivity contribution < 1.29 is 57.5 Å². The molecule has 5 aromatic rings. The van der Waals surface area contributed by atoms with Gasteiger partial charge in [0.15, 0.2) is 0 Å². The second-order valence-electron chi connectivity index (χ2n) is 25.7. The Kier molecular flexibility index (Phi) is 34.2. The highest BCUT2D eigenvalue weighted by atomic mass is 16.5. The van der Waals surface area contributed by atoms with Crippen LogP contribution in [-0.4, -0.2) is 181 Å². The smallest absolute Gasteiger partial charge is 0.250 e. The average Bonchev–Trinajstić information content (AvgIpc) is 1.69. The molecule has 99 heavy (non-hydrogen) atoms. The standard InChI is InChI=1S/C69H102N18O12/c1-41(2)27-50(28-42(3)4)82-67(96)57(31-51-36-75-40-79-51)83-59(89)37-78-69(98)62(43(5)6)87-63(92)44(7)80-66(95)56(30-47-35-76-53-16-12-11-15-52(47)53)86-65(94)54(21-22-58(72)88)85-68(97)55(29-45-13-9-8-10-14-45)84-61(91)39-99-38-60(90)81-49-19-17-46(18-20-49)32-77-64(93)48(33-73-25-23-70)34-74-26-24-71/h8-20,35-36,40-44,48,50,54-57,62,73-74,76H,21-34,37-39,70-71H2,1-7H3,(H2,72,88)(H,75,79)(H,77,93)(H,78,98)(H,80,95)(H,81,90)(H,82,96)(H,83,89)(H,84,91)(H,85,97)(H,86,94)(H,87,92)/t44-,54-,55+,56-,57?,62-/m0/s1. The lowest BCUT2D eigenvalue weighted by molar-refractivity contribution is -0.136. The molecule has 0 saturated carbocycles. The van der Waals surface area contributed by atoms with Gasteiger partial charge in [-0.1, -0.05) is 102 Å². The van der Waals surface area contributed by atoms with Crippen LogP contribution in [0.3, 0.4) is 0 Å². The number of nitrogens with two attached hydrogens (primary N) is 3. The molecule has 0 radical (unpaired) electrons. The molecule has 0 aliphatic rings. The lowest BCUT2D eigenvalue weighted by Gasteiger charge is -2.27. The summed E-state index contributed by atoms with van der Waals surface area (Å²) in [5.41, 5.74) is 20.4. The number of imidazole rings is 1. The molecule has 30 nitrogen and oxygen atoms in total. The van der Waals surface area contributed by atoms with Crippen molar-refractivity contribution in [1.82, 2.24) is 73.4 Å². The summed E-state index contributed by atoms with van der Waals surface area (Å²) in [6, 6.07) is 14.5. The molecule has 0 spiro atoms. The number of anilines is 1. The van der Waals surface area contributed by atoms with E-state index in [1.807, 2.05) is 6.07 Å². The molecule has 20 N–H and O–H groups in total. The summed E-state index contributed by atoms with van der Waals surface area (Å²) in [5, 5.41) is 34.3. The number of benzene rings is 3. The number of amides is 11. The van der Waals surface area contributed by atoms with Gasteiger partial charge in [0.2, 0.25) is 65.0 Å². The van der Waals surface area contributed by atoms with Gasteiger partial charge >= 0.3 is 0 Å². The second kappa shape index (κ2) is 42.2. The first-order valence-electron chi connectivity index (χ1n) is 33.6. The van der Waals surface area contributed by atoms with Crippen molar-refractivity contribution in [2.45, 2.75) is 142 Å². The van der Waals surface area contributed by atoms with Crippen molar-refractivity contribution in [3.63, 3.8) is 0 Å². The molecule has 0 fully saturated rings. The van der Waals surface area contributed by atoms with Crippen molar-refractivity contribution in [2.75, 3.05) is 64.3 Å². The summed E-state index contributed by atoms with van der Waals surface area (Å²) in [6.45, 7) is 14.2. The largest absolute Gasteiger partial charge is 0.370 e. The van der Waals surface area contributed by atoms with Crippen LogP contribution in [0.15, 0.2) is 97.6 Å². The first-order valence-corrected chi connectivity index (χ1v) is 33.6. The highest BCUT2D eigenvalue weighted by molar-refractivity contribution is 5.98.